The lowest BCUT2D eigenvalue weighted by Crippen LogP contribution is -2.45. The van der Waals surface area contributed by atoms with Gasteiger partial charge in [0.05, 0.1) is 5.69 Å². The monoisotopic (exact) mass is 248 g/mol. The number of urea groups is 1. The topological polar surface area (TPSA) is 23.6 Å². The highest BCUT2D eigenvalue weighted by Gasteiger charge is 2.26. The Morgan fingerprint density at radius 1 is 1.35 bits per heavy atom. The maximum Gasteiger partial charge on any atom is 0.324 e. The van der Waals surface area contributed by atoms with Crippen molar-refractivity contribution < 1.29 is 4.79 Å². The fourth-order valence-corrected chi connectivity index (χ4v) is 2.12. The summed E-state index contributed by atoms with van der Waals surface area (Å²) in [5, 5.41) is 0. The predicted octanol–water partition coefficient (Wildman–Crippen LogP) is 2.54. The van der Waals surface area contributed by atoms with Crippen LogP contribution >= 0.6 is 12.6 Å². The highest BCUT2D eigenvalue weighted by atomic mass is 32.1. The summed E-state index contributed by atoms with van der Waals surface area (Å²) >= 11 is 4.11. The Kier molecular flexibility index (Phi) is 3.74. The highest BCUT2D eigenvalue weighted by Crippen LogP contribution is 2.27. The van der Waals surface area contributed by atoms with E-state index in [0.717, 1.165) is 5.69 Å². The molecule has 0 spiro atoms. The number of fused-ring (bicyclic) bond motifs is 1. The average Bonchev–Trinajstić information content (AvgIpc) is 2.34. The Morgan fingerprint density at radius 3 is 2.88 bits per heavy atom. The summed E-state index contributed by atoms with van der Waals surface area (Å²) in [6.07, 6.45) is 3.93. The molecule has 0 unspecified atom stereocenters. The van der Waals surface area contributed by atoms with Gasteiger partial charge in [0, 0.05) is 25.9 Å². The number of carbonyl (C=O) groups excluding carboxylic acids is 1. The summed E-state index contributed by atoms with van der Waals surface area (Å²) in [6.45, 7) is 1.28. The smallest absolute Gasteiger partial charge is 0.323 e. The van der Waals surface area contributed by atoms with Gasteiger partial charge in [-0.25, -0.2) is 4.79 Å². The molecule has 90 valence electrons. The summed E-state index contributed by atoms with van der Waals surface area (Å²) in [6, 6.07) is 8.08. The van der Waals surface area contributed by atoms with Gasteiger partial charge < -0.3 is 4.90 Å². The number of hydrogen-bond donors (Lipinski definition) is 1. The van der Waals surface area contributed by atoms with Crippen LogP contribution in [0.4, 0.5) is 10.5 Å². The van der Waals surface area contributed by atoms with Gasteiger partial charge in [0.1, 0.15) is 0 Å². The fourth-order valence-electron chi connectivity index (χ4n) is 1.97. The second kappa shape index (κ2) is 5.27. The minimum atomic E-state index is 0.0486. The molecular weight excluding hydrogens is 232 g/mol. The maximum atomic E-state index is 12.1. The fraction of sp³-hybridized carbons (Fsp3) is 0.308. The van der Waals surface area contributed by atoms with E-state index in [1.807, 2.05) is 37.4 Å². The molecule has 1 aromatic carbocycles. The molecule has 0 saturated heterocycles. The minimum absolute atomic E-state index is 0.0486. The number of benzene rings is 1. The standard InChI is InChI=1S/C13H16N2OS/c1-14-10-11-6-2-3-7-12(11)15(13(14)16)8-4-5-9-17/h2-7,17H,8-10H2,1H3/b5-4+. The van der Waals surface area contributed by atoms with Crippen LogP contribution in [0.3, 0.4) is 0 Å². The molecule has 0 saturated carbocycles. The van der Waals surface area contributed by atoms with Crippen molar-refractivity contribution in [1.82, 2.24) is 4.90 Å². The van der Waals surface area contributed by atoms with Gasteiger partial charge in [-0.05, 0) is 11.6 Å². The maximum absolute atomic E-state index is 12.1. The SMILES string of the molecule is CN1Cc2ccccc2N(C/C=C/CS)C1=O. The summed E-state index contributed by atoms with van der Waals surface area (Å²) in [4.78, 5) is 15.6. The Hall–Kier alpha value is -1.42. The van der Waals surface area contributed by atoms with E-state index in [-0.39, 0.29) is 6.03 Å². The number of rotatable bonds is 3. The van der Waals surface area contributed by atoms with Crippen LogP contribution < -0.4 is 4.90 Å². The zero-order chi connectivity index (χ0) is 12.3. The molecule has 1 heterocycles. The molecule has 3 nitrogen and oxygen atoms in total. The van der Waals surface area contributed by atoms with Crippen LogP contribution in [0.2, 0.25) is 0 Å². The van der Waals surface area contributed by atoms with Gasteiger partial charge in [-0.2, -0.15) is 12.6 Å². The number of amides is 2. The Morgan fingerprint density at radius 2 is 2.12 bits per heavy atom. The molecule has 0 atom stereocenters. The van der Waals surface area contributed by atoms with Crippen molar-refractivity contribution in [3.8, 4) is 0 Å². The van der Waals surface area contributed by atoms with Crippen LogP contribution in [0.25, 0.3) is 0 Å². The van der Waals surface area contributed by atoms with E-state index in [1.165, 1.54) is 5.56 Å². The molecule has 2 amide bonds. The van der Waals surface area contributed by atoms with Crippen LogP contribution in [0.15, 0.2) is 36.4 Å². The molecule has 1 aliphatic heterocycles. The zero-order valence-corrected chi connectivity index (χ0v) is 10.7. The number of thiol groups is 1. The zero-order valence-electron chi connectivity index (χ0n) is 9.84. The Bertz CT molecular complexity index is 445. The van der Waals surface area contributed by atoms with Crippen LogP contribution in [0.5, 0.6) is 0 Å². The number of nitrogens with zero attached hydrogens (tertiary/aromatic N) is 2. The Labute approximate surface area is 107 Å². The highest BCUT2D eigenvalue weighted by molar-refractivity contribution is 7.80. The summed E-state index contributed by atoms with van der Waals surface area (Å²) in [5.74, 6) is 0.694. The predicted molar refractivity (Wildman–Crippen MR) is 73.6 cm³/mol. The first-order valence-electron chi connectivity index (χ1n) is 5.60. The van der Waals surface area contributed by atoms with Gasteiger partial charge in [-0.3, -0.25) is 4.90 Å². The second-order valence-electron chi connectivity index (χ2n) is 4.03. The second-order valence-corrected chi connectivity index (χ2v) is 4.40. The van der Waals surface area contributed by atoms with Crippen LogP contribution in [-0.4, -0.2) is 30.3 Å². The van der Waals surface area contributed by atoms with E-state index in [9.17, 15) is 4.79 Å². The summed E-state index contributed by atoms with van der Waals surface area (Å²) in [7, 11) is 1.83. The van der Waals surface area contributed by atoms with Crippen molar-refractivity contribution >= 4 is 24.3 Å². The molecule has 0 aromatic heterocycles. The van der Waals surface area contributed by atoms with Gasteiger partial charge in [0.2, 0.25) is 0 Å². The Balaban J connectivity index is 2.29. The molecule has 0 bridgehead atoms. The lowest BCUT2D eigenvalue weighted by molar-refractivity contribution is 0.211. The first-order valence-corrected chi connectivity index (χ1v) is 6.23. The number of hydrogen-bond acceptors (Lipinski definition) is 2. The van der Waals surface area contributed by atoms with E-state index >= 15 is 0 Å². The third kappa shape index (κ3) is 2.47. The van der Waals surface area contributed by atoms with Crippen molar-refractivity contribution in [2.24, 2.45) is 0 Å². The molecule has 0 N–H and O–H groups in total. The van der Waals surface area contributed by atoms with Crippen molar-refractivity contribution in [2.75, 3.05) is 24.2 Å². The molecule has 17 heavy (non-hydrogen) atoms. The van der Waals surface area contributed by atoms with Crippen LogP contribution in [-0.2, 0) is 6.54 Å². The molecule has 0 fully saturated rings. The molecular formula is C13H16N2OS. The van der Waals surface area contributed by atoms with Crippen molar-refractivity contribution in [3.63, 3.8) is 0 Å². The van der Waals surface area contributed by atoms with Gasteiger partial charge in [0.15, 0.2) is 0 Å². The number of anilines is 1. The molecule has 0 radical (unpaired) electrons. The van der Waals surface area contributed by atoms with Gasteiger partial charge >= 0.3 is 6.03 Å². The first kappa shape index (κ1) is 12.0. The number of para-hydroxylation sites is 1. The number of carbonyl (C=O) groups is 1. The first-order chi connectivity index (χ1) is 8.24. The van der Waals surface area contributed by atoms with E-state index in [0.29, 0.717) is 18.8 Å². The normalized spacial score (nSPS) is 15.5. The van der Waals surface area contributed by atoms with E-state index in [2.05, 4.69) is 18.7 Å². The molecule has 1 aromatic rings. The molecule has 2 rings (SSSR count). The van der Waals surface area contributed by atoms with E-state index < -0.39 is 0 Å². The largest absolute Gasteiger partial charge is 0.324 e. The average molecular weight is 248 g/mol. The quantitative estimate of drug-likeness (QED) is 0.645. The lowest BCUT2D eigenvalue weighted by Gasteiger charge is -2.34. The molecule has 0 aliphatic carbocycles. The van der Waals surface area contributed by atoms with Crippen LogP contribution in [0.1, 0.15) is 5.56 Å². The summed E-state index contributed by atoms with van der Waals surface area (Å²) in [5.41, 5.74) is 2.20. The molecule has 4 heteroatoms. The van der Waals surface area contributed by atoms with Crippen LogP contribution in [0, 0.1) is 0 Å². The third-order valence-corrected chi connectivity index (χ3v) is 3.02. The third-order valence-electron chi connectivity index (χ3n) is 2.81. The van der Waals surface area contributed by atoms with E-state index in [1.54, 1.807) is 9.80 Å². The van der Waals surface area contributed by atoms with E-state index in [4.69, 9.17) is 0 Å². The summed E-state index contributed by atoms with van der Waals surface area (Å²) < 4.78 is 0. The van der Waals surface area contributed by atoms with Gasteiger partial charge in [0.25, 0.3) is 0 Å². The minimum Gasteiger partial charge on any atom is -0.323 e. The van der Waals surface area contributed by atoms with Gasteiger partial charge in [-0.15, -0.1) is 0 Å². The van der Waals surface area contributed by atoms with Gasteiger partial charge in [-0.1, -0.05) is 30.4 Å². The van der Waals surface area contributed by atoms with Crippen molar-refractivity contribution in [3.05, 3.63) is 42.0 Å². The van der Waals surface area contributed by atoms with Crippen molar-refractivity contribution in [1.29, 1.82) is 0 Å². The van der Waals surface area contributed by atoms with Crippen molar-refractivity contribution in [2.45, 2.75) is 6.54 Å². The lowest BCUT2D eigenvalue weighted by atomic mass is 10.1. The molecule has 1 aliphatic rings.